The van der Waals surface area contributed by atoms with E-state index < -0.39 is 0 Å². The third-order valence-corrected chi connectivity index (χ3v) is 2.68. The van der Waals surface area contributed by atoms with Gasteiger partial charge in [-0.1, -0.05) is 39.3 Å². The first kappa shape index (κ1) is 12.7. The maximum atomic E-state index is 9.62. The molecule has 0 aromatic carbocycles. The molecule has 3 atom stereocenters. The molecule has 0 radical (unpaired) electrons. The largest absolute Gasteiger partial charge is 0.393 e. The van der Waals surface area contributed by atoms with Gasteiger partial charge in [-0.05, 0) is 25.7 Å². The minimum absolute atomic E-state index is 0.0880. The maximum Gasteiger partial charge on any atom is 0.0605 e. The van der Waals surface area contributed by atoms with Gasteiger partial charge in [-0.3, -0.25) is 0 Å². The third kappa shape index (κ3) is 3.95. The lowest BCUT2D eigenvalue weighted by atomic mass is 9.78. The molecular weight excluding hydrogens is 160 g/mol. The predicted molar refractivity (Wildman–Crippen MR) is 58.7 cm³/mol. The molecule has 0 aliphatic heterocycles. The highest BCUT2D eigenvalue weighted by atomic mass is 16.3. The number of hydrogen-bond acceptors (Lipinski definition) is 1. The van der Waals surface area contributed by atoms with Crippen LogP contribution in [0, 0.1) is 11.8 Å². The molecule has 0 spiro atoms. The molecule has 78 valence electrons. The Balaban J connectivity index is 0.000000671. The molecule has 1 heteroatoms. The van der Waals surface area contributed by atoms with E-state index in [0.29, 0.717) is 11.8 Å². The summed E-state index contributed by atoms with van der Waals surface area (Å²) in [7, 11) is 0. The number of allylic oxidation sites excluding steroid dienone is 1. The summed E-state index contributed by atoms with van der Waals surface area (Å²) in [6.45, 7) is 8.25. The van der Waals surface area contributed by atoms with Gasteiger partial charge in [0.15, 0.2) is 0 Å². The van der Waals surface area contributed by atoms with E-state index in [0.717, 1.165) is 6.42 Å². The van der Waals surface area contributed by atoms with Gasteiger partial charge < -0.3 is 5.11 Å². The van der Waals surface area contributed by atoms with E-state index in [-0.39, 0.29) is 6.10 Å². The van der Waals surface area contributed by atoms with Gasteiger partial charge in [-0.25, -0.2) is 0 Å². The maximum absolute atomic E-state index is 9.62. The van der Waals surface area contributed by atoms with Crippen LogP contribution < -0.4 is 0 Å². The van der Waals surface area contributed by atoms with Gasteiger partial charge in [-0.2, -0.15) is 0 Å². The summed E-state index contributed by atoms with van der Waals surface area (Å²) in [6, 6.07) is 0. The van der Waals surface area contributed by atoms with Gasteiger partial charge in [-0.15, -0.1) is 0 Å². The van der Waals surface area contributed by atoms with Crippen molar-refractivity contribution in [2.75, 3.05) is 0 Å². The van der Waals surface area contributed by atoms with Crippen molar-refractivity contribution in [3.63, 3.8) is 0 Å². The molecule has 1 saturated carbocycles. The van der Waals surface area contributed by atoms with Crippen molar-refractivity contribution in [2.45, 2.75) is 53.1 Å². The van der Waals surface area contributed by atoms with Crippen LogP contribution in [0.3, 0.4) is 0 Å². The standard InChI is InChI=1S/C10H18O.C2H6/c1-3-5-9-8(2)6-4-7-10(9)11;1-2/h3,5,8-11H,4,6-7H2,1-2H3;1-2H3/b5-3-;. The molecule has 3 unspecified atom stereocenters. The molecule has 1 aliphatic carbocycles. The normalized spacial score (nSPS) is 34.1. The van der Waals surface area contributed by atoms with Crippen molar-refractivity contribution < 1.29 is 5.11 Å². The highest BCUT2D eigenvalue weighted by molar-refractivity contribution is 4.94. The highest BCUT2D eigenvalue weighted by Crippen LogP contribution is 2.30. The Hall–Kier alpha value is -0.300. The SMILES string of the molecule is C/C=C\C1C(C)CCCC1O.CC. The van der Waals surface area contributed by atoms with E-state index in [1.807, 2.05) is 20.8 Å². The first-order chi connectivity index (χ1) is 6.25. The Morgan fingerprint density at radius 2 is 1.85 bits per heavy atom. The highest BCUT2D eigenvalue weighted by Gasteiger charge is 2.26. The van der Waals surface area contributed by atoms with Crippen molar-refractivity contribution in [1.82, 2.24) is 0 Å². The summed E-state index contributed by atoms with van der Waals surface area (Å²) in [5, 5.41) is 9.62. The molecule has 0 heterocycles. The summed E-state index contributed by atoms with van der Waals surface area (Å²) >= 11 is 0. The van der Waals surface area contributed by atoms with Gasteiger partial charge >= 0.3 is 0 Å². The molecule has 0 aromatic heterocycles. The second kappa shape index (κ2) is 7.14. The van der Waals surface area contributed by atoms with Gasteiger partial charge in [0.1, 0.15) is 0 Å². The lowest BCUT2D eigenvalue weighted by molar-refractivity contribution is 0.0635. The van der Waals surface area contributed by atoms with E-state index in [2.05, 4.69) is 19.1 Å². The van der Waals surface area contributed by atoms with E-state index >= 15 is 0 Å². The first-order valence-electron chi connectivity index (χ1n) is 5.56. The Labute approximate surface area is 82.9 Å². The van der Waals surface area contributed by atoms with Gasteiger partial charge in [0.05, 0.1) is 6.10 Å². The van der Waals surface area contributed by atoms with Gasteiger partial charge in [0, 0.05) is 5.92 Å². The van der Waals surface area contributed by atoms with E-state index in [1.54, 1.807) is 0 Å². The van der Waals surface area contributed by atoms with Crippen molar-refractivity contribution in [1.29, 1.82) is 0 Å². The van der Waals surface area contributed by atoms with Crippen molar-refractivity contribution in [3.8, 4) is 0 Å². The Morgan fingerprint density at radius 1 is 1.23 bits per heavy atom. The monoisotopic (exact) mass is 184 g/mol. The van der Waals surface area contributed by atoms with E-state index in [1.165, 1.54) is 12.8 Å². The van der Waals surface area contributed by atoms with Crippen molar-refractivity contribution in [3.05, 3.63) is 12.2 Å². The van der Waals surface area contributed by atoms with Crippen molar-refractivity contribution in [2.24, 2.45) is 11.8 Å². The summed E-state index contributed by atoms with van der Waals surface area (Å²) in [5.74, 6) is 1.07. The zero-order chi connectivity index (χ0) is 10.3. The zero-order valence-corrected chi connectivity index (χ0v) is 9.46. The first-order valence-corrected chi connectivity index (χ1v) is 5.56. The number of hydrogen-bond donors (Lipinski definition) is 1. The Morgan fingerprint density at radius 3 is 2.31 bits per heavy atom. The molecular formula is C12H24O. The number of rotatable bonds is 1. The summed E-state index contributed by atoms with van der Waals surface area (Å²) in [6.07, 6.45) is 7.56. The molecule has 1 aliphatic rings. The zero-order valence-electron chi connectivity index (χ0n) is 9.46. The summed E-state index contributed by atoms with van der Waals surface area (Å²) < 4.78 is 0. The molecule has 1 rings (SSSR count). The number of aliphatic hydroxyl groups is 1. The van der Waals surface area contributed by atoms with Crippen LogP contribution in [0.15, 0.2) is 12.2 Å². The average molecular weight is 184 g/mol. The molecule has 1 fully saturated rings. The number of aliphatic hydroxyl groups excluding tert-OH is 1. The Kier molecular flexibility index (Phi) is 6.97. The predicted octanol–water partition coefficient (Wildman–Crippen LogP) is 3.39. The molecule has 0 saturated heterocycles. The minimum Gasteiger partial charge on any atom is -0.393 e. The fourth-order valence-electron chi connectivity index (χ4n) is 1.95. The summed E-state index contributed by atoms with van der Waals surface area (Å²) in [4.78, 5) is 0. The lowest BCUT2D eigenvalue weighted by Crippen LogP contribution is -2.29. The topological polar surface area (TPSA) is 20.2 Å². The molecule has 1 N–H and O–H groups in total. The molecule has 0 aromatic rings. The van der Waals surface area contributed by atoms with Crippen LogP contribution in [0.25, 0.3) is 0 Å². The summed E-state index contributed by atoms with van der Waals surface area (Å²) in [5.41, 5.74) is 0. The van der Waals surface area contributed by atoms with Crippen LogP contribution in [-0.4, -0.2) is 11.2 Å². The van der Waals surface area contributed by atoms with Crippen LogP contribution in [0.4, 0.5) is 0 Å². The lowest BCUT2D eigenvalue weighted by Gasteiger charge is -2.31. The minimum atomic E-state index is -0.0880. The van der Waals surface area contributed by atoms with Crippen LogP contribution in [-0.2, 0) is 0 Å². The second-order valence-corrected chi connectivity index (χ2v) is 3.58. The third-order valence-electron chi connectivity index (χ3n) is 2.68. The van der Waals surface area contributed by atoms with Gasteiger partial charge in [0.25, 0.3) is 0 Å². The van der Waals surface area contributed by atoms with Crippen LogP contribution in [0.1, 0.15) is 47.0 Å². The quantitative estimate of drug-likeness (QED) is 0.619. The van der Waals surface area contributed by atoms with Crippen molar-refractivity contribution >= 4 is 0 Å². The van der Waals surface area contributed by atoms with E-state index in [9.17, 15) is 5.11 Å². The average Bonchev–Trinajstić information content (AvgIpc) is 2.15. The molecule has 13 heavy (non-hydrogen) atoms. The fourth-order valence-corrected chi connectivity index (χ4v) is 1.95. The van der Waals surface area contributed by atoms with Gasteiger partial charge in [0.2, 0.25) is 0 Å². The van der Waals surface area contributed by atoms with Crippen LogP contribution >= 0.6 is 0 Å². The van der Waals surface area contributed by atoms with Crippen LogP contribution in [0.5, 0.6) is 0 Å². The molecule has 0 bridgehead atoms. The van der Waals surface area contributed by atoms with Crippen LogP contribution in [0.2, 0.25) is 0 Å². The second-order valence-electron chi connectivity index (χ2n) is 3.58. The Bertz CT molecular complexity index is 130. The fraction of sp³-hybridized carbons (Fsp3) is 0.833. The molecule has 1 nitrogen and oxygen atoms in total. The molecule has 0 amide bonds. The smallest absolute Gasteiger partial charge is 0.0605 e. The van der Waals surface area contributed by atoms with E-state index in [4.69, 9.17) is 0 Å².